The van der Waals surface area contributed by atoms with Crippen LogP contribution in [0.5, 0.6) is 0 Å². The smallest absolute Gasteiger partial charge is 0.131 e. The van der Waals surface area contributed by atoms with E-state index in [1.54, 1.807) is 12.3 Å². The maximum atomic E-state index is 14.6. The van der Waals surface area contributed by atoms with E-state index in [1.165, 1.54) is 18.9 Å². The van der Waals surface area contributed by atoms with E-state index in [0.717, 1.165) is 40.6 Å². The lowest BCUT2D eigenvalue weighted by Crippen LogP contribution is -2.41. The number of aryl methyl sites for hydroxylation is 1. The first kappa shape index (κ1) is 17.7. The van der Waals surface area contributed by atoms with Crippen molar-refractivity contribution in [1.29, 1.82) is 0 Å². The molecule has 4 rings (SSSR count). The lowest BCUT2D eigenvalue weighted by molar-refractivity contribution is 0.207. The SMILES string of the molecule is Cc1cccc(F)c1-c1cc(NC2CCCCN2C)c2cc(N)ncc2c1. The summed E-state index contributed by atoms with van der Waals surface area (Å²) in [4.78, 5) is 6.57. The number of nitrogen functional groups attached to an aromatic ring is 1. The molecular formula is C22H25FN4. The number of hydrogen-bond donors (Lipinski definition) is 2. The molecule has 3 N–H and O–H groups in total. The molecule has 1 aliphatic heterocycles. The van der Waals surface area contributed by atoms with E-state index in [4.69, 9.17) is 5.73 Å². The number of rotatable bonds is 3. The first-order valence-electron chi connectivity index (χ1n) is 9.44. The molecule has 0 radical (unpaired) electrons. The molecule has 0 aliphatic carbocycles. The number of piperidine rings is 1. The first-order valence-corrected chi connectivity index (χ1v) is 9.44. The molecule has 2 aromatic carbocycles. The molecule has 3 aromatic rings. The van der Waals surface area contributed by atoms with Crippen LogP contribution in [-0.4, -0.2) is 29.6 Å². The van der Waals surface area contributed by atoms with Crippen molar-refractivity contribution in [3.63, 3.8) is 0 Å². The minimum Gasteiger partial charge on any atom is -0.384 e. The molecule has 1 saturated heterocycles. The van der Waals surface area contributed by atoms with Crippen LogP contribution in [0.25, 0.3) is 21.9 Å². The molecule has 5 heteroatoms. The summed E-state index contributed by atoms with van der Waals surface area (Å²) in [5, 5.41) is 5.63. The summed E-state index contributed by atoms with van der Waals surface area (Å²) in [6, 6.07) is 11.1. The summed E-state index contributed by atoms with van der Waals surface area (Å²) in [7, 11) is 2.14. The Morgan fingerprint density at radius 1 is 1.22 bits per heavy atom. The number of aromatic nitrogens is 1. The summed E-state index contributed by atoms with van der Waals surface area (Å²) >= 11 is 0. The fourth-order valence-corrected chi connectivity index (χ4v) is 3.97. The standard InChI is InChI=1S/C22H25FN4/c1-14-6-5-7-18(23)22(14)15-10-16-13-25-20(24)12-17(16)19(11-15)26-21-8-3-4-9-27(21)2/h5-7,10-13,21,26H,3-4,8-9H2,1-2H3,(H2,24,25). The van der Waals surface area contributed by atoms with E-state index in [9.17, 15) is 4.39 Å². The average Bonchev–Trinajstić information content (AvgIpc) is 2.64. The van der Waals surface area contributed by atoms with Crippen molar-refractivity contribution in [2.75, 3.05) is 24.6 Å². The molecule has 0 saturated carbocycles. The number of pyridine rings is 1. The highest BCUT2D eigenvalue weighted by molar-refractivity contribution is 5.98. The number of benzene rings is 2. The second-order valence-electron chi connectivity index (χ2n) is 7.42. The van der Waals surface area contributed by atoms with Gasteiger partial charge in [0.1, 0.15) is 11.6 Å². The van der Waals surface area contributed by atoms with E-state index in [0.29, 0.717) is 11.4 Å². The summed E-state index contributed by atoms with van der Waals surface area (Å²) < 4.78 is 14.6. The predicted molar refractivity (Wildman–Crippen MR) is 110 cm³/mol. The monoisotopic (exact) mass is 364 g/mol. The third kappa shape index (κ3) is 3.47. The number of nitrogens with two attached hydrogens (primary N) is 1. The van der Waals surface area contributed by atoms with Crippen LogP contribution in [0, 0.1) is 12.7 Å². The van der Waals surface area contributed by atoms with E-state index in [2.05, 4.69) is 22.2 Å². The molecule has 2 heterocycles. The lowest BCUT2D eigenvalue weighted by Gasteiger charge is -2.34. The Kier molecular flexibility index (Phi) is 4.70. The third-order valence-electron chi connectivity index (χ3n) is 5.46. The Bertz CT molecular complexity index is 965. The van der Waals surface area contributed by atoms with Crippen LogP contribution in [0.15, 0.2) is 42.6 Å². The van der Waals surface area contributed by atoms with Crippen molar-refractivity contribution in [2.45, 2.75) is 32.4 Å². The summed E-state index contributed by atoms with van der Waals surface area (Å²) in [6.45, 7) is 3.01. The highest BCUT2D eigenvalue weighted by atomic mass is 19.1. The lowest BCUT2D eigenvalue weighted by atomic mass is 9.96. The van der Waals surface area contributed by atoms with Crippen LogP contribution in [0.3, 0.4) is 0 Å². The molecule has 1 aliphatic rings. The number of hydrogen-bond acceptors (Lipinski definition) is 4. The van der Waals surface area contributed by atoms with Crippen molar-refractivity contribution in [3.05, 3.63) is 54.0 Å². The van der Waals surface area contributed by atoms with Crippen LogP contribution >= 0.6 is 0 Å². The summed E-state index contributed by atoms with van der Waals surface area (Å²) in [5.41, 5.74) is 9.31. The summed E-state index contributed by atoms with van der Waals surface area (Å²) in [5.74, 6) is 0.274. The van der Waals surface area contributed by atoms with Crippen molar-refractivity contribution < 1.29 is 4.39 Å². The molecule has 140 valence electrons. The van der Waals surface area contributed by atoms with Gasteiger partial charge in [0.05, 0.1) is 6.17 Å². The van der Waals surface area contributed by atoms with Gasteiger partial charge in [0.15, 0.2) is 0 Å². The van der Waals surface area contributed by atoms with Gasteiger partial charge in [0, 0.05) is 28.2 Å². The number of fused-ring (bicyclic) bond motifs is 1. The highest BCUT2D eigenvalue weighted by Gasteiger charge is 2.20. The van der Waals surface area contributed by atoms with Gasteiger partial charge in [-0.25, -0.2) is 9.37 Å². The zero-order valence-electron chi connectivity index (χ0n) is 15.8. The molecule has 0 bridgehead atoms. The van der Waals surface area contributed by atoms with Crippen LogP contribution in [0.4, 0.5) is 15.9 Å². The van der Waals surface area contributed by atoms with Gasteiger partial charge < -0.3 is 11.1 Å². The van der Waals surface area contributed by atoms with Crippen LogP contribution in [-0.2, 0) is 0 Å². The topological polar surface area (TPSA) is 54.2 Å². The van der Waals surface area contributed by atoms with Crippen LogP contribution < -0.4 is 11.1 Å². The van der Waals surface area contributed by atoms with Crippen LogP contribution in [0.2, 0.25) is 0 Å². The Labute approximate surface area is 159 Å². The van der Waals surface area contributed by atoms with Gasteiger partial charge in [-0.05, 0) is 75.2 Å². The van der Waals surface area contributed by atoms with Crippen molar-refractivity contribution in [2.24, 2.45) is 0 Å². The van der Waals surface area contributed by atoms with Gasteiger partial charge in [0.2, 0.25) is 0 Å². The molecule has 1 atom stereocenters. The van der Waals surface area contributed by atoms with E-state index >= 15 is 0 Å². The second-order valence-corrected chi connectivity index (χ2v) is 7.42. The second kappa shape index (κ2) is 7.16. The maximum absolute atomic E-state index is 14.6. The Morgan fingerprint density at radius 2 is 2.07 bits per heavy atom. The zero-order chi connectivity index (χ0) is 19.0. The zero-order valence-corrected chi connectivity index (χ0v) is 15.8. The molecule has 1 unspecified atom stereocenters. The Balaban J connectivity index is 1.86. The fraction of sp³-hybridized carbons (Fsp3) is 0.318. The number of nitrogens with one attached hydrogen (secondary N) is 1. The number of likely N-dealkylation sites (tertiary alicyclic amines) is 1. The minimum atomic E-state index is -0.210. The largest absolute Gasteiger partial charge is 0.384 e. The average molecular weight is 364 g/mol. The van der Waals surface area contributed by atoms with Crippen molar-refractivity contribution >= 4 is 22.3 Å². The molecule has 27 heavy (non-hydrogen) atoms. The van der Waals surface area contributed by atoms with Crippen molar-refractivity contribution in [1.82, 2.24) is 9.88 Å². The van der Waals surface area contributed by atoms with Gasteiger partial charge in [-0.2, -0.15) is 0 Å². The number of nitrogens with zero attached hydrogens (tertiary/aromatic N) is 2. The minimum absolute atomic E-state index is 0.210. The highest BCUT2D eigenvalue weighted by Crippen LogP contribution is 2.35. The molecule has 4 nitrogen and oxygen atoms in total. The molecule has 1 fully saturated rings. The van der Waals surface area contributed by atoms with Crippen LogP contribution in [0.1, 0.15) is 24.8 Å². The molecular weight excluding hydrogens is 339 g/mol. The number of anilines is 2. The van der Waals surface area contributed by atoms with E-state index in [-0.39, 0.29) is 12.0 Å². The number of halogens is 1. The maximum Gasteiger partial charge on any atom is 0.131 e. The fourth-order valence-electron chi connectivity index (χ4n) is 3.97. The van der Waals surface area contributed by atoms with Gasteiger partial charge in [0.25, 0.3) is 0 Å². The van der Waals surface area contributed by atoms with Gasteiger partial charge in [-0.15, -0.1) is 0 Å². The van der Waals surface area contributed by atoms with Gasteiger partial charge >= 0.3 is 0 Å². The Morgan fingerprint density at radius 3 is 2.85 bits per heavy atom. The van der Waals surface area contributed by atoms with E-state index in [1.807, 2.05) is 31.2 Å². The van der Waals surface area contributed by atoms with Gasteiger partial charge in [-0.1, -0.05) is 12.1 Å². The Hall–Kier alpha value is -2.66. The quantitative estimate of drug-likeness (QED) is 0.702. The molecule has 0 amide bonds. The molecule has 0 spiro atoms. The third-order valence-corrected chi connectivity index (χ3v) is 5.46. The van der Waals surface area contributed by atoms with Crippen molar-refractivity contribution in [3.8, 4) is 11.1 Å². The predicted octanol–water partition coefficient (Wildman–Crippen LogP) is 4.79. The van der Waals surface area contributed by atoms with Gasteiger partial charge in [-0.3, -0.25) is 4.90 Å². The molecule has 1 aromatic heterocycles. The normalized spacial score (nSPS) is 18.0. The first-order chi connectivity index (χ1) is 13.0. The van der Waals surface area contributed by atoms with E-state index < -0.39 is 0 Å². The summed E-state index contributed by atoms with van der Waals surface area (Å²) in [6.07, 6.45) is 5.53.